The van der Waals surface area contributed by atoms with Crippen LogP contribution >= 0.6 is 0 Å². The largest absolute Gasteiger partial charge is 0.338 e. The zero-order chi connectivity index (χ0) is 23.2. The van der Waals surface area contributed by atoms with Gasteiger partial charge in [-0.1, -0.05) is 0 Å². The maximum atomic E-state index is 13.2. The number of amides is 1. The Kier molecular flexibility index (Phi) is 5.41. The lowest BCUT2D eigenvalue weighted by molar-refractivity contribution is -0.384. The van der Waals surface area contributed by atoms with Crippen molar-refractivity contribution in [1.82, 2.24) is 8.87 Å². The molecule has 1 saturated heterocycles. The van der Waals surface area contributed by atoms with Crippen LogP contribution in [0.5, 0.6) is 0 Å². The first kappa shape index (κ1) is 21.6. The van der Waals surface area contributed by atoms with E-state index < -0.39 is 14.9 Å². The molecule has 0 radical (unpaired) electrons. The van der Waals surface area contributed by atoms with Crippen LogP contribution in [0, 0.1) is 10.1 Å². The first-order valence-corrected chi connectivity index (χ1v) is 12.5. The molecule has 0 unspecified atom stereocenters. The number of nitro groups is 1. The third-order valence-electron chi connectivity index (χ3n) is 6.44. The summed E-state index contributed by atoms with van der Waals surface area (Å²) in [6.07, 6.45) is 4.99. The van der Waals surface area contributed by atoms with Gasteiger partial charge in [0.25, 0.3) is 5.69 Å². The molecule has 0 N–H and O–H groups in total. The fourth-order valence-corrected chi connectivity index (χ4v) is 6.31. The second kappa shape index (κ2) is 8.27. The highest BCUT2D eigenvalue weighted by Crippen LogP contribution is 2.32. The fourth-order valence-electron chi connectivity index (χ4n) is 4.74. The summed E-state index contributed by atoms with van der Waals surface area (Å²) in [6.45, 7) is 1.76. The minimum atomic E-state index is -3.51. The van der Waals surface area contributed by atoms with Crippen LogP contribution in [0.3, 0.4) is 0 Å². The lowest BCUT2D eigenvalue weighted by atomic mass is 10.0. The molecule has 0 bridgehead atoms. The first-order chi connectivity index (χ1) is 15.8. The molecule has 0 aliphatic carbocycles. The van der Waals surface area contributed by atoms with E-state index in [0.29, 0.717) is 25.0 Å². The molecule has 5 rings (SSSR count). The molecule has 3 aromatic rings. The molecule has 0 atom stereocenters. The molecule has 1 amide bonds. The van der Waals surface area contributed by atoms with E-state index in [9.17, 15) is 23.3 Å². The van der Waals surface area contributed by atoms with Gasteiger partial charge in [0.05, 0.1) is 9.82 Å². The number of carbonyl (C=O) groups is 1. The number of hydrogen-bond acceptors (Lipinski definition) is 5. The number of fused-ring (bicyclic) bond motifs is 2. The molecule has 1 aromatic heterocycles. The van der Waals surface area contributed by atoms with E-state index in [2.05, 4.69) is 0 Å². The van der Waals surface area contributed by atoms with Crippen LogP contribution in [0.15, 0.2) is 53.6 Å². The van der Waals surface area contributed by atoms with Crippen molar-refractivity contribution in [3.05, 3.63) is 64.3 Å². The molecule has 172 valence electrons. The molecular formula is C23H24N4O5S. The Labute approximate surface area is 191 Å². The number of nitrogens with zero attached hydrogens (tertiary/aromatic N) is 4. The normalized spacial score (nSPS) is 16.8. The van der Waals surface area contributed by atoms with Crippen LogP contribution in [0.4, 0.5) is 11.4 Å². The van der Waals surface area contributed by atoms with Gasteiger partial charge in [-0.25, -0.2) is 8.42 Å². The Morgan fingerprint density at radius 2 is 1.79 bits per heavy atom. The van der Waals surface area contributed by atoms with E-state index >= 15 is 0 Å². The van der Waals surface area contributed by atoms with Crippen molar-refractivity contribution in [2.45, 2.75) is 37.1 Å². The molecule has 0 spiro atoms. The van der Waals surface area contributed by atoms with Crippen molar-refractivity contribution in [3.63, 3.8) is 0 Å². The summed E-state index contributed by atoms with van der Waals surface area (Å²) < 4.78 is 29.2. The Balaban J connectivity index is 1.40. The monoisotopic (exact) mass is 468 g/mol. The van der Waals surface area contributed by atoms with E-state index in [-0.39, 0.29) is 23.0 Å². The molecule has 2 aliphatic heterocycles. The average Bonchev–Trinajstić information content (AvgIpc) is 3.49. The third-order valence-corrected chi connectivity index (χ3v) is 8.34. The first-order valence-electron chi connectivity index (χ1n) is 11.0. The third kappa shape index (κ3) is 3.89. The molecule has 33 heavy (non-hydrogen) atoms. The van der Waals surface area contributed by atoms with Gasteiger partial charge in [-0.3, -0.25) is 14.9 Å². The van der Waals surface area contributed by atoms with Crippen LogP contribution in [0.2, 0.25) is 0 Å². The van der Waals surface area contributed by atoms with Gasteiger partial charge >= 0.3 is 0 Å². The van der Waals surface area contributed by atoms with E-state index in [1.807, 2.05) is 0 Å². The Morgan fingerprint density at radius 1 is 1.00 bits per heavy atom. The van der Waals surface area contributed by atoms with Crippen LogP contribution in [0.1, 0.15) is 24.8 Å². The molecule has 2 aromatic carbocycles. The summed E-state index contributed by atoms with van der Waals surface area (Å²) in [6, 6.07) is 11.4. The van der Waals surface area contributed by atoms with Crippen LogP contribution in [-0.4, -0.2) is 47.8 Å². The quantitative estimate of drug-likeness (QED) is 0.422. The van der Waals surface area contributed by atoms with Crippen molar-refractivity contribution >= 4 is 38.2 Å². The number of carbonyl (C=O) groups excluding carboxylic acids is 1. The van der Waals surface area contributed by atoms with Gasteiger partial charge in [-0.2, -0.15) is 4.31 Å². The maximum Gasteiger partial charge on any atom is 0.270 e. The number of sulfonamides is 1. The van der Waals surface area contributed by atoms with Crippen LogP contribution in [-0.2, 0) is 27.8 Å². The highest BCUT2D eigenvalue weighted by Gasteiger charge is 2.30. The second-order valence-electron chi connectivity index (χ2n) is 8.49. The number of rotatable bonds is 5. The summed E-state index contributed by atoms with van der Waals surface area (Å²) in [4.78, 5) is 25.8. The van der Waals surface area contributed by atoms with Crippen molar-refractivity contribution in [1.29, 1.82) is 0 Å². The second-order valence-corrected chi connectivity index (χ2v) is 10.4. The predicted molar refractivity (Wildman–Crippen MR) is 124 cm³/mol. The van der Waals surface area contributed by atoms with Crippen molar-refractivity contribution in [3.8, 4) is 0 Å². The molecule has 1 fully saturated rings. The molecule has 3 heterocycles. The highest BCUT2D eigenvalue weighted by molar-refractivity contribution is 7.89. The number of nitro benzene ring substituents is 1. The fraction of sp³-hybridized carbons (Fsp3) is 0.348. The van der Waals surface area contributed by atoms with E-state index in [4.69, 9.17) is 0 Å². The van der Waals surface area contributed by atoms with Gasteiger partial charge in [0.2, 0.25) is 15.9 Å². The smallest absolute Gasteiger partial charge is 0.270 e. The summed E-state index contributed by atoms with van der Waals surface area (Å²) >= 11 is 0. The molecule has 10 heteroatoms. The number of aromatic nitrogens is 1. The summed E-state index contributed by atoms with van der Waals surface area (Å²) in [5.41, 5.74) is 2.37. The lowest BCUT2D eigenvalue weighted by Gasteiger charge is -2.30. The Bertz CT molecular complexity index is 1360. The van der Waals surface area contributed by atoms with Crippen LogP contribution in [0.25, 0.3) is 10.9 Å². The SMILES string of the molecule is O=C(Cn1ccc2cc([N+](=O)[O-])ccc21)N1CCCc2cc(S(=O)(=O)N3CCCC3)ccc21. The van der Waals surface area contributed by atoms with E-state index in [0.717, 1.165) is 42.5 Å². The van der Waals surface area contributed by atoms with Gasteiger partial charge < -0.3 is 9.47 Å². The zero-order valence-corrected chi connectivity index (χ0v) is 18.8. The van der Waals surface area contributed by atoms with Crippen molar-refractivity contribution in [2.24, 2.45) is 0 Å². The molecule has 9 nitrogen and oxygen atoms in total. The maximum absolute atomic E-state index is 13.2. The summed E-state index contributed by atoms with van der Waals surface area (Å²) in [5.74, 6) is -0.109. The van der Waals surface area contributed by atoms with E-state index in [1.165, 1.54) is 16.4 Å². The van der Waals surface area contributed by atoms with Gasteiger partial charge in [-0.15, -0.1) is 0 Å². The zero-order valence-electron chi connectivity index (χ0n) is 18.0. The van der Waals surface area contributed by atoms with Gasteiger partial charge in [0, 0.05) is 54.6 Å². The minimum Gasteiger partial charge on any atom is -0.338 e. The predicted octanol–water partition coefficient (Wildman–Crippen LogP) is 3.31. The molecular weight excluding hydrogens is 444 g/mol. The standard InChI is InChI=1S/C23H24N4O5S/c28-23(16-24-13-9-18-14-19(27(29)30)5-7-21(18)24)26-12-3-4-17-15-20(6-8-22(17)26)33(31,32)25-10-1-2-11-25/h5-9,13-15H,1-4,10-12,16H2. The topological polar surface area (TPSA) is 106 Å². The minimum absolute atomic E-state index is 0.0104. The Morgan fingerprint density at radius 3 is 2.55 bits per heavy atom. The molecule has 2 aliphatic rings. The van der Waals surface area contributed by atoms with Crippen molar-refractivity contribution < 1.29 is 18.1 Å². The average molecular weight is 469 g/mol. The molecule has 0 saturated carbocycles. The number of aryl methyl sites for hydroxylation is 1. The number of benzene rings is 2. The lowest BCUT2D eigenvalue weighted by Crippen LogP contribution is -2.37. The summed E-state index contributed by atoms with van der Waals surface area (Å²) in [7, 11) is -3.51. The summed E-state index contributed by atoms with van der Waals surface area (Å²) in [5, 5.41) is 11.7. The number of anilines is 1. The van der Waals surface area contributed by atoms with Crippen molar-refractivity contribution in [2.75, 3.05) is 24.5 Å². The van der Waals surface area contributed by atoms with Gasteiger partial charge in [-0.05, 0) is 61.6 Å². The highest BCUT2D eigenvalue weighted by atomic mass is 32.2. The number of hydrogen-bond donors (Lipinski definition) is 0. The Hall–Kier alpha value is -3.24. The van der Waals surface area contributed by atoms with Crippen LogP contribution < -0.4 is 4.90 Å². The van der Waals surface area contributed by atoms with Gasteiger partial charge in [0.1, 0.15) is 6.54 Å². The van der Waals surface area contributed by atoms with Gasteiger partial charge in [0.15, 0.2) is 0 Å². The van der Waals surface area contributed by atoms with E-state index in [1.54, 1.807) is 46.0 Å². The number of non-ortho nitro benzene ring substituents is 1.